The summed E-state index contributed by atoms with van der Waals surface area (Å²) >= 11 is 0. The smallest absolute Gasteiger partial charge is 0.214 e. The number of benzene rings is 1. The summed E-state index contributed by atoms with van der Waals surface area (Å²) in [5.74, 6) is 0.428. The molecule has 25 heavy (non-hydrogen) atoms. The number of ether oxygens (including phenoxy) is 1. The first kappa shape index (κ1) is 17.9. The molecular formula is C21H27FN2O. The van der Waals surface area contributed by atoms with E-state index < -0.39 is 0 Å². The van der Waals surface area contributed by atoms with Crippen molar-refractivity contribution in [2.75, 3.05) is 26.2 Å². The first-order chi connectivity index (χ1) is 12.2. The van der Waals surface area contributed by atoms with Gasteiger partial charge in [-0.3, -0.25) is 0 Å². The van der Waals surface area contributed by atoms with Gasteiger partial charge in [-0.25, -0.2) is 9.37 Å². The first-order valence-electron chi connectivity index (χ1n) is 9.30. The molecule has 0 saturated carbocycles. The quantitative estimate of drug-likeness (QED) is 0.673. The molecular weight excluding hydrogens is 315 g/mol. The number of likely N-dealkylation sites (tertiary alicyclic amines) is 1. The molecule has 2 aromatic rings. The molecule has 3 nitrogen and oxygen atoms in total. The number of unbranched alkanes of at least 4 members (excludes halogenated alkanes) is 1. The Morgan fingerprint density at radius 2 is 1.76 bits per heavy atom. The highest BCUT2D eigenvalue weighted by Crippen LogP contribution is 2.24. The Balaban J connectivity index is 1.49. The molecule has 1 aromatic carbocycles. The maximum atomic E-state index is 13.1. The molecule has 4 heteroatoms. The minimum atomic E-state index is -0.222. The number of rotatable bonds is 7. The van der Waals surface area contributed by atoms with Crippen molar-refractivity contribution in [2.24, 2.45) is 0 Å². The van der Waals surface area contributed by atoms with Crippen LogP contribution in [0.2, 0.25) is 0 Å². The number of hydrogen-bond acceptors (Lipinski definition) is 3. The highest BCUT2D eigenvalue weighted by molar-refractivity contribution is 5.64. The minimum absolute atomic E-state index is 0.222. The van der Waals surface area contributed by atoms with Crippen LogP contribution in [0.15, 0.2) is 36.4 Å². The van der Waals surface area contributed by atoms with Gasteiger partial charge in [0.05, 0.1) is 6.61 Å². The normalized spacial score (nSPS) is 15.3. The van der Waals surface area contributed by atoms with Crippen LogP contribution >= 0.6 is 0 Å². The molecule has 0 unspecified atom stereocenters. The fraction of sp³-hybridized carbons (Fsp3) is 0.476. The van der Waals surface area contributed by atoms with Crippen LogP contribution in [0.5, 0.6) is 5.88 Å². The van der Waals surface area contributed by atoms with Crippen molar-refractivity contribution < 1.29 is 9.13 Å². The van der Waals surface area contributed by atoms with Gasteiger partial charge in [0.2, 0.25) is 5.88 Å². The lowest BCUT2D eigenvalue weighted by molar-refractivity contribution is 0.215. The summed E-state index contributed by atoms with van der Waals surface area (Å²) in [6.45, 7) is 6.32. The summed E-state index contributed by atoms with van der Waals surface area (Å²) in [5.41, 5.74) is 2.89. The summed E-state index contributed by atoms with van der Waals surface area (Å²) in [7, 11) is 0. The van der Waals surface area contributed by atoms with E-state index in [1.165, 1.54) is 51.0 Å². The van der Waals surface area contributed by atoms with Crippen LogP contribution in [-0.4, -0.2) is 36.1 Å². The van der Waals surface area contributed by atoms with E-state index in [2.05, 4.69) is 9.88 Å². The Kier molecular flexibility index (Phi) is 6.40. The Bertz CT molecular complexity index is 666. The molecule has 1 fully saturated rings. The largest absolute Gasteiger partial charge is 0.478 e. The summed E-state index contributed by atoms with van der Waals surface area (Å²) < 4.78 is 19.0. The first-order valence-corrected chi connectivity index (χ1v) is 9.30. The fourth-order valence-corrected chi connectivity index (χ4v) is 3.32. The highest BCUT2D eigenvalue weighted by Gasteiger charge is 2.09. The Morgan fingerprint density at radius 1 is 1.00 bits per heavy atom. The van der Waals surface area contributed by atoms with Crippen molar-refractivity contribution >= 4 is 0 Å². The van der Waals surface area contributed by atoms with Crippen LogP contribution < -0.4 is 4.74 Å². The van der Waals surface area contributed by atoms with Gasteiger partial charge in [-0.05, 0) is 81.6 Å². The lowest BCUT2D eigenvalue weighted by atomic mass is 10.1. The summed E-state index contributed by atoms with van der Waals surface area (Å²) in [6, 6.07) is 10.5. The van der Waals surface area contributed by atoms with Crippen LogP contribution in [-0.2, 0) is 0 Å². The lowest BCUT2D eigenvalue weighted by Gasteiger charge is -2.26. The zero-order chi connectivity index (χ0) is 17.5. The van der Waals surface area contributed by atoms with Crippen molar-refractivity contribution in [3.05, 3.63) is 47.9 Å². The number of halogens is 1. The SMILES string of the molecule is Cc1cc(-c2ccc(F)cc2)cc(OCCCCN2CCCCC2)n1. The van der Waals surface area contributed by atoms with E-state index >= 15 is 0 Å². The van der Waals surface area contributed by atoms with E-state index in [0.29, 0.717) is 12.5 Å². The second-order valence-corrected chi connectivity index (χ2v) is 6.80. The Hall–Kier alpha value is -1.94. The predicted molar refractivity (Wildman–Crippen MR) is 99.4 cm³/mol. The molecule has 0 aliphatic carbocycles. The summed E-state index contributed by atoms with van der Waals surface area (Å²) in [5, 5.41) is 0. The second-order valence-electron chi connectivity index (χ2n) is 6.80. The Morgan fingerprint density at radius 3 is 2.52 bits per heavy atom. The standard InChI is InChI=1S/C21H27FN2O/c1-17-15-19(18-7-9-20(22)10-8-18)16-21(23-17)25-14-6-5-13-24-11-3-2-4-12-24/h7-10,15-16H,2-6,11-14H2,1H3. The molecule has 3 rings (SSSR count). The van der Waals surface area contributed by atoms with Crippen molar-refractivity contribution in [3.8, 4) is 17.0 Å². The molecule has 1 saturated heterocycles. The molecule has 1 aromatic heterocycles. The van der Waals surface area contributed by atoms with Gasteiger partial charge < -0.3 is 9.64 Å². The molecule has 134 valence electrons. The molecule has 0 spiro atoms. The lowest BCUT2D eigenvalue weighted by Crippen LogP contribution is -2.30. The van der Waals surface area contributed by atoms with Gasteiger partial charge >= 0.3 is 0 Å². The molecule has 0 bridgehead atoms. The topological polar surface area (TPSA) is 25.4 Å². The number of hydrogen-bond donors (Lipinski definition) is 0. The highest BCUT2D eigenvalue weighted by atomic mass is 19.1. The molecule has 1 aliphatic rings. The minimum Gasteiger partial charge on any atom is -0.478 e. The molecule has 2 heterocycles. The number of aryl methyl sites for hydroxylation is 1. The van der Waals surface area contributed by atoms with Gasteiger partial charge in [0.25, 0.3) is 0 Å². The molecule has 0 radical (unpaired) electrons. The van der Waals surface area contributed by atoms with E-state index in [-0.39, 0.29) is 5.82 Å². The van der Waals surface area contributed by atoms with E-state index in [1.807, 2.05) is 19.1 Å². The van der Waals surface area contributed by atoms with Crippen LogP contribution in [0, 0.1) is 12.7 Å². The van der Waals surface area contributed by atoms with E-state index in [9.17, 15) is 4.39 Å². The molecule has 1 aliphatic heterocycles. The van der Waals surface area contributed by atoms with Crippen molar-refractivity contribution in [1.29, 1.82) is 0 Å². The zero-order valence-corrected chi connectivity index (χ0v) is 15.0. The predicted octanol–water partition coefficient (Wildman–Crippen LogP) is 4.84. The summed E-state index contributed by atoms with van der Waals surface area (Å²) in [4.78, 5) is 7.01. The van der Waals surface area contributed by atoms with Crippen LogP contribution in [0.1, 0.15) is 37.8 Å². The van der Waals surface area contributed by atoms with Crippen LogP contribution in [0.25, 0.3) is 11.1 Å². The van der Waals surface area contributed by atoms with Gasteiger partial charge in [-0.15, -0.1) is 0 Å². The van der Waals surface area contributed by atoms with Gasteiger partial charge in [0, 0.05) is 11.8 Å². The maximum Gasteiger partial charge on any atom is 0.214 e. The van der Waals surface area contributed by atoms with Gasteiger partial charge in [-0.2, -0.15) is 0 Å². The molecule has 0 atom stereocenters. The average Bonchev–Trinajstić information content (AvgIpc) is 2.62. The van der Waals surface area contributed by atoms with E-state index in [1.54, 1.807) is 12.1 Å². The number of pyridine rings is 1. The van der Waals surface area contributed by atoms with Gasteiger partial charge in [0.15, 0.2) is 0 Å². The summed E-state index contributed by atoms with van der Waals surface area (Å²) in [6.07, 6.45) is 6.27. The average molecular weight is 342 g/mol. The third-order valence-electron chi connectivity index (χ3n) is 4.67. The van der Waals surface area contributed by atoms with Crippen LogP contribution in [0.4, 0.5) is 4.39 Å². The van der Waals surface area contributed by atoms with Crippen LogP contribution in [0.3, 0.4) is 0 Å². The van der Waals surface area contributed by atoms with E-state index in [0.717, 1.165) is 29.7 Å². The number of piperidine rings is 1. The molecule has 0 amide bonds. The molecule has 0 N–H and O–H groups in total. The number of nitrogens with zero attached hydrogens (tertiary/aromatic N) is 2. The maximum absolute atomic E-state index is 13.1. The number of aromatic nitrogens is 1. The van der Waals surface area contributed by atoms with Crippen molar-refractivity contribution in [2.45, 2.75) is 39.0 Å². The monoisotopic (exact) mass is 342 g/mol. The second kappa shape index (κ2) is 8.95. The fourth-order valence-electron chi connectivity index (χ4n) is 3.32. The Labute approximate surface area is 149 Å². The van der Waals surface area contributed by atoms with Gasteiger partial charge in [0.1, 0.15) is 5.82 Å². The third kappa shape index (κ3) is 5.53. The zero-order valence-electron chi connectivity index (χ0n) is 15.0. The van der Waals surface area contributed by atoms with Crippen molar-refractivity contribution in [1.82, 2.24) is 9.88 Å². The van der Waals surface area contributed by atoms with E-state index in [4.69, 9.17) is 4.74 Å². The van der Waals surface area contributed by atoms with Crippen molar-refractivity contribution in [3.63, 3.8) is 0 Å². The van der Waals surface area contributed by atoms with Gasteiger partial charge in [-0.1, -0.05) is 18.6 Å². The third-order valence-corrected chi connectivity index (χ3v) is 4.67.